The molecule has 2 heterocycles. The molecule has 0 aliphatic carbocycles. The lowest BCUT2D eigenvalue weighted by atomic mass is 9.88. The molecule has 194 valence electrons. The van der Waals surface area contributed by atoms with Crippen LogP contribution in [0, 0.1) is 5.82 Å². The van der Waals surface area contributed by atoms with Crippen molar-refractivity contribution in [3.05, 3.63) is 107 Å². The third kappa shape index (κ3) is 5.36. The van der Waals surface area contributed by atoms with E-state index < -0.39 is 11.9 Å². The highest BCUT2D eigenvalue weighted by Gasteiger charge is 2.31. The maximum absolute atomic E-state index is 14.0. The van der Waals surface area contributed by atoms with Crippen LogP contribution in [0.2, 0.25) is 0 Å². The molecule has 0 bridgehead atoms. The summed E-state index contributed by atoms with van der Waals surface area (Å²) in [5.41, 5.74) is 3.35. The first-order valence-corrected chi connectivity index (χ1v) is 12.1. The summed E-state index contributed by atoms with van der Waals surface area (Å²) >= 11 is 0. The van der Waals surface area contributed by atoms with Gasteiger partial charge in [0.15, 0.2) is 12.3 Å². The predicted molar refractivity (Wildman–Crippen MR) is 138 cm³/mol. The molecule has 0 fully saturated rings. The first kappa shape index (κ1) is 25.0. The van der Waals surface area contributed by atoms with Crippen LogP contribution in [0.25, 0.3) is 0 Å². The highest BCUT2D eigenvalue weighted by molar-refractivity contribution is 6.02. The number of nitrogens with zero attached hydrogens (tertiary/aromatic N) is 2. The number of benzene rings is 3. The first-order valence-electron chi connectivity index (χ1n) is 12.1. The lowest BCUT2D eigenvalue weighted by molar-refractivity contribution is -0.130. The number of carbonyl (C=O) groups is 2. The van der Waals surface area contributed by atoms with Crippen molar-refractivity contribution < 1.29 is 27.9 Å². The molecule has 1 N–H and O–H groups in total. The summed E-state index contributed by atoms with van der Waals surface area (Å²) in [4.78, 5) is 30.9. The second-order valence-electron chi connectivity index (χ2n) is 8.88. The van der Waals surface area contributed by atoms with Crippen LogP contribution in [0.3, 0.4) is 0 Å². The molecule has 1 aliphatic heterocycles. The number of amides is 2. The number of ether oxygens (including phenoxy) is 2. The van der Waals surface area contributed by atoms with Gasteiger partial charge in [0.2, 0.25) is 11.8 Å². The van der Waals surface area contributed by atoms with E-state index in [9.17, 15) is 14.0 Å². The fourth-order valence-electron chi connectivity index (χ4n) is 4.55. The average molecular weight is 516 g/mol. The van der Waals surface area contributed by atoms with E-state index in [4.69, 9.17) is 13.9 Å². The zero-order chi connectivity index (χ0) is 26.6. The van der Waals surface area contributed by atoms with E-state index in [1.807, 2.05) is 24.3 Å². The second kappa shape index (κ2) is 10.8. The van der Waals surface area contributed by atoms with Crippen molar-refractivity contribution in [3.63, 3.8) is 0 Å². The number of carbonyl (C=O) groups excluding carboxylic acids is 2. The minimum Gasteiger partial charge on any atom is -0.497 e. The molecule has 1 aliphatic rings. The van der Waals surface area contributed by atoms with E-state index in [0.717, 1.165) is 11.1 Å². The normalized spacial score (nSPS) is 14.5. The number of hydrogen-bond donors (Lipinski definition) is 1. The molecule has 3 aromatic carbocycles. The lowest BCUT2D eigenvalue weighted by Crippen LogP contribution is -2.39. The van der Waals surface area contributed by atoms with Crippen LogP contribution in [0.4, 0.5) is 10.1 Å². The maximum Gasteiger partial charge on any atom is 0.277 e. The topological polar surface area (TPSA) is 93.9 Å². The summed E-state index contributed by atoms with van der Waals surface area (Å²) in [5, 5.41) is 2.75. The monoisotopic (exact) mass is 515 g/mol. The fraction of sp³-hybridized carbons (Fsp3) is 0.207. The minimum atomic E-state index is -0.425. The Hall–Kier alpha value is -4.66. The molecule has 5 rings (SSSR count). The standard InChI is InChI=1S/C29H26FN3O5/c1-18(34)33-13-12-19-6-9-24(15-25(19)28(33)20-4-3-5-21(30)14-20)37-17-27-32-26(16-38-27)29(35)31-22-7-10-23(36-2)11-8-22/h3-11,14-16,28H,12-13,17H2,1-2H3,(H,31,35). The van der Waals surface area contributed by atoms with Gasteiger partial charge in [0.1, 0.15) is 23.6 Å². The number of anilines is 1. The van der Waals surface area contributed by atoms with E-state index in [0.29, 0.717) is 35.7 Å². The Labute approximate surface area is 219 Å². The summed E-state index contributed by atoms with van der Waals surface area (Å²) in [7, 11) is 1.57. The quantitative estimate of drug-likeness (QED) is 0.366. The maximum atomic E-state index is 14.0. The summed E-state index contributed by atoms with van der Waals surface area (Å²) < 4.78 is 30.5. The predicted octanol–water partition coefficient (Wildman–Crippen LogP) is 5.15. The van der Waals surface area contributed by atoms with E-state index in [2.05, 4.69) is 10.3 Å². The van der Waals surface area contributed by atoms with Crippen LogP contribution in [0.5, 0.6) is 11.5 Å². The Bertz CT molecular complexity index is 1470. The summed E-state index contributed by atoms with van der Waals surface area (Å²) in [6.45, 7) is 2.06. The molecular formula is C29H26FN3O5. The van der Waals surface area contributed by atoms with Gasteiger partial charge in [-0.05, 0) is 71.6 Å². The van der Waals surface area contributed by atoms with Crippen LogP contribution in [-0.4, -0.2) is 35.4 Å². The Balaban J connectivity index is 1.30. The van der Waals surface area contributed by atoms with Gasteiger partial charge in [0.25, 0.3) is 5.91 Å². The Morgan fingerprint density at radius 1 is 1.11 bits per heavy atom. The number of fused-ring (bicyclic) bond motifs is 1. The van der Waals surface area contributed by atoms with E-state index in [1.165, 1.54) is 25.3 Å². The third-order valence-electron chi connectivity index (χ3n) is 6.41. The molecule has 0 radical (unpaired) electrons. The molecular weight excluding hydrogens is 489 g/mol. The summed E-state index contributed by atoms with van der Waals surface area (Å²) in [6.07, 6.45) is 1.96. The molecule has 38 heavy (non-hydrogen) atoms. The Morgan fingerprint density at radius 2 is 1.89 bits per heavy atom. The van der Waals surface area contributed by atoms with Gasteiger partial charge in [-0.25, -0.2) is 9.37 Å². The van der Waals surface area contributed by atoms with Crippen molar-refractivity contribution in [3.8, 4) is 11.5 Å². The fourth-order valence-corrected chi connectivity index (χ4v) is 4.55. The molecule has 2 amide bonds. The van der Waals surface area contributed by atoms with Gasteiger partial charge in [-0.15, -0.1) is 0 Å². The second-order valence-corrected chi connectivity index (χ2v) is 8.88. The van der Waals surface area contributed by atoms with Crippen LogP contribution in [-0.2, 0) is 17.8 Å². The average Bonchev–Trinajstić information content (AvgIpc) is 3.41. The molecule has 1 unspecified atom stereocenters. The van der Waals surface area contributed by atoms with E-state index >= 15 is 0 Å². The van der Waals surface area contributed by atoms with Crippen molar-refractivity contribution in [1.29, 1.82) is 0 Å². The van der Waals surface area contributed by atoms with Gasteiger partial charge in [-0.3, -0.25) is 9.59 Å². The van der Waals surface area contributed by atoms with Gasteiger partial charge < -0.3 is 24.1 Å². The van der Waals surface area contributed by atoms with Crippen molar-refractivity contribution in [2.24, 2.45) is 0 Å². The minimum absolute atomic E-state index is 0.00431. The zero-order valence-corrected chi connectivity index (χ0v) is 20.9. The van der Waals surface area contributed by atoms with Gasteiger partial charge in [0.05, 0.1) is 13.2 Å². The molecule has 1 aromatic heterocycles. The van der Waals surface area contributed by atoms with Crippen LogP contribution >= 0.6 is 0 Å². The number of aromatic nitrogens is 1. The number of methoxy groups -OCH3 is 1. The lowest BCUT2D eigenvalue weighted by Gasteiger charge is -2.37. The van der Waals surface area contributed by atoms with Gasteiger partial charge in [-0.1, -0.05) is 18.2 Å². The number of hydrogen-bond acceptors (Lipinski definition) is 6. The van der Waals surface area contributed by atoms with Crippen LogP contribution < -0.4 is 14.8 Å². The largest absolute Gasteiger partial charge is 0.497 e. The summed E-state index contributed by atoms with van der Waals surface area (Å²) in [5.74, 6) is 0.592. The van der Waals surface area contributed by atoms with E-state index in [-0.39, 0.29) is 29.9 Å². The molecule has 9 heteroatoms. The molecule has 0 spiro atoms. The number of rotatable bonds is 7. The number of nitrogens with one attached hydrogen (secondary N) is 1. The molecule has 8 nitrogen and oxygen atoms in total. The summed E-state index contributed by atoms with van der Waals surface area (Å²) in [6, 6.07) is 18.5. The third-order valence-corrected chi connectivity index (χ3v) is 6.41. The van der Waals surface area contributed by atoms with Crippen molar-refractivity contribution in [1.82, 2.24) is 9.88 Å². The van der Waals surface area contributed by atoms with Gasteiger partial charge in [-0.2, -0.15) is 0 Å². The zero-order valence-electron chi connectivity index (χ0n) is 20.9. The number of halogens is 1. The molecule has 1 atom stereocenters. The van der Waals surface area contributed by atoms with Crippen molar-refractivity contribution in [2.75, 3.05) is 19.0 Å². The number of oxazole rings is 1. The van der Waals surface area contributed by atoms with Gasteiger partial charge in [0, 0.05) is 19.2 Å². The SMILES string of the molecule is COc1ccc(NC(=O)c2coc(COc3ccc4c(c3)C(c3cccc(F)c3)N(C(C)=O)CC4)n2)cc1. The highest BCUT2D eigenvalue weighted by Crippen LogP contribution is 2.37. The van der Waals surface area contributed by atoms with E-state index in [1.54, 1.807) is 42.3 Å². The highest BCUT2D eigenvalue weighted by atomic mass is 19.1. The molecule has 0 saturated heterocycles. The van der Waals surface area contributed by atoms with Crippen molar-refractivity contribution in [2.45, 2.75) is 26.0 Å². The van der Waals surface area contributed by atoms with Crippen LogP contribution in [0.1, 0.15) is 46.0 Å². The Kier molecular flexibility index (Phi) is 7.08. The molecule has 0 saturated carbocycles. The molecule has 4 aromatic rings. The Morgan fingerprint density at radius 3 is 2.63 bits per heavy atom. The van der Waals surface area contributed by atoms with Crippen LogP contribution in [0.15, 0.2) is 77.4 Å². The van der Waals surface area contributed by atoms with Crippen molar-refractivity contribution >= 4 is 17.5 Å². The van der Waals surface area contributed by atoms with Gasteiger partial charge >= 0.3 is 0 Å². The smallest absolute Gasteiger partial charge is 0.277 e. The first-order chi connectivity index (χ1) is 18.4.